The number of benzene rings is 1. The van der Waals surface area contributed by atoms with Gasteiger partial charge in [0, 0.05) is 25.7 Å². The highest BCUT2D eigenvalue weighted by atomic mass is 127. The summed E-state index contributed by atoms with van der Waals surface area (Å²) in [6.45, 7) is 4.69. The van der Waals surface area contributed by atoms with E-state index in [1.165, 1.54) is 32.1 Å². The predicted octanol–water partition coefficient (Wildman–Crippen LogP) is 3.48. The van der Waals surface area contributed by atoms with Gasteiger partial charge in [0.25, 0.3) is 0 Å². The van der Waals surface area contributed by atoms with E-state index >= 15 is 0 Å². The van der Waals surface area contributed by atoms with Crippen molar-refractivity contribution in [1.82, 2.24) is 14.9 Å². The van der Waals surface area contributed by atoms with E-state index < -0.39 is 10.0 Å². The van der Waals surface area contributed by atoms with Gasteiger partial charge >= 0.3 is 0 Å². The molecule has 0 amide bonds. The maximum atomic E-state index is 12.6. The van der Waals surface area contributed by atoms with E-state index in [0.717, 1.165) is 30.9 Å². The molecule has 1 aromatic carbocycles. The van der Waals surface area contributed by atoms with Gasteiger partial charge in [0.05, 0.1) is 11.4 Å². The Morgan fingerprint density at radius 1 is 1.07 bits per heavy atom. The lowest BCUT2D eigenvalue weighted by atomic mass is 9.96. The largest absolute Gasteiger partial charge is 0.357 e. The lowest BCUT2D eigenvalue weighted by Gasteiger charge is -2.24. The van der Waals surface area contributed by atoms with Gasteiger partial charge in [-0.2, -0.15) is 4.31 Å². The smallest absolute Gasteiger partial charge is 0.243 e. The van der Waals surface area contributed by atoms with Crippen molar-refractivity contribution in [2.45, 2.75) is 69.4 Å². The zero-order valence-electron chi connectivity index (χ0n) is 16.7. The average Bonchev–Trinajstić information content (AvgIpc) is 3.23. The molecule has 1 saturated heterocycles. The number of rotatable bonds is 6. The quantitative estimate of drug-likeness (QED) is 0.342. The summed E-state index contributed by atoms with van der Waals surface area (Å²) in [6.07, 6.45) is 8.20. The monoisotopic (exact) mass is 520 g/mol. The summed E-state index contributed by atoms with van der Waals surface area (Å²) in [5, 5.41) is 6.85. The lowest BCUT2D eigenvalue weighted by molar-refractivity contribution is 0.410. The van der Waals surface area contributed by atoms with Gasteiger partial charge in [-0.3, -0.25) is 0 Å². The minimum absolute atomic E-state index is 0. The highest BCUT2D eigenvalue weighted by Crippen LogP contribution is 2.21. The molecule has 0 unspecified atom stereocenters. The molecular formula is C20H33IN4O2S. The average molecular weight is 520 g/mol. The first kappa shape index (κ1) is 23.4. The fourth-order valence-corrected chi connectivity index (χ4v) is 5.29. The zero-order chi connectivity index (χ0) is 19.1. The van der Waals surface area contributed by atoms with Gasteiger partial charge < -0.3 is 10.6 Å². The molecule has 0 atom stereocenters. The summed E-state index contributed by atoms with van der Waals surface area (Å²) in [5.41, 5.74) is 1.01. The molecule has 8 heteroatoms. The van der Waals surface area contributed by atoms with E-state index in [1.807, 2.05) is 12.1 Å². The highest BCUT2D eigenvalue weighted by molar-refractivity contribution is 14.0. The summed E-state index contributed by atoms with van der Waals surface area (Å²) in [5.74, 6) is 0.846. The van der Waals surface area contributed by atoms with E-state index in [4.69, 9.17) is 0 Å². The third-order valence-electron chi connectivity index (χ3n) is 5.34. The second kappa shape index (κ2) is 11.3. The Balaban J connectivity index is 0.00000280. The predicted molar refractivity (Wildman–Crippen MR) is 125 cm³/mol. The van der Waals surface area contributed by atoms with Gasteiger partial charge in [-0.05, 0) is 50.3 Å². The second-order valence-corrected chi connectivity index (χ2v) is 9.37. The number of aliphatic imine (C=N–C) groups is 1. The van der Waals surface area contributed by atoms with E-state index in [1.54, 1.807) is 16.4 Å². The SMILES string of the molecule is CCNC(=NCc1ccc(S(=O)(=O)N2CCCC2)cc1)NC1CCCCC1.I. The van der Waals surface area contributed by atoms with Crippen LogP contribution in [0.25, 0.3) is 0 Å². The van der Waals surface area contributed by atoms with Crippen LogP contribution in [0.4, 0.5) is 0 Å². The zero-order valence-corrected chi connectivity index (χ0v) is 19.8. The summed E-state index contributed by atoms with van der Waals surface area (Å²) < 4.78 is 26.8. The molecular weight excluding hydrogens is 487 g/mol. The van der Waals surface area contributed by atoms with Crippen molar-refractivity contribution < 1.29 is 8.42 Å². The van der Waals surface area contributed by atoms with Gasteiger partial charge in [0.15, 0.2) is 5.96 Å². The van der Waals surface area contributed by atoms with Crippen LogP contribution < -0.4 is 10.6 Å². The summed E-state index contributed by atoms with van der Waals surface area (Å²) in [4.78, 5) is 5.06. The van der Waals surface area contributed by atoms with Gasteiger partial charge in [-0.15, -0.1) is 24.0 Å². The van der Waals surface area contributed by atoms with Crippen molar-refractivity contribution in [2.75, 3.05) is 19.6 Å². The number of hydrogen-bond acceptors (Lipinski definition) is 3. The summed E-state index contributed by atoms with van der Waals surface area (Å²) in [7, 11) is -3.34. The molecule has 158 valence electrons. The molecule has 0 radical (unpaired) electrons. The van der Waals surface area contributed by atoms with Crippen molar-refractivity contribution >= 4 is 40.0 Å². The minimum atomic E-state index is -3.34. The van der Waals surface area contributed by atoms with Gasteiger partial charge in [0.2, 0.25) is 10.0 Å². The Kier molecular flexibility index (Phi) is 9.49. The first-order chi connectivity index (χ1) is 13.1. The van der Waals surface area contributed by atoms with Gasteiger partial charge in [-0.25, -0.2) is 13.4 Å². The van der Waals surface area contributed by atoms with Gasteiger partial charge in [0.1, 0.15) is 0 Å². The first-order valence-electron chi connectivity index (χ1n) is 10.2. The van der Waals surface area contributed by atoms with Crippen molar-refractivity contribution in [3.05, 3.63) is 29.8 Å². The fraction of sp³-hybridized carbons (Fsp3) is 0.650. The van der Waals surface area contributed by atoms with Crippen LogP contribution in [0, 0.1) is 0 Å². The molecule has 28 heavy (non-hydrogen) atoms. The standard InChI is InChI=1S/C20H32N4O2S.HI/c1-2-21-20(23-18-8-4-3-5-9-18)22-16-17-10-12-19(13-11-17)27(25,26)24-14-6-7-15-24;/h10-13,18H,2-9,14-16H2,1H3,(H2,21,22,23);1H. The number of guanidine groups is 1. The fourth-order valence-electron chi connectivity index (χ4n) is 3.78. The van der Waals surface area contributed by atoms with Crippen LogP contribution in [-0.4, -0.2) is 44.4 Å². The Hall–Kier alpha value is -0.870. The van der Waals surface area contributed by atoms with Crippen LogP contribution in [0.5, 0.6) is 0 Å². The number of halogens is 1. The maximum Gasteiger partial charge on any atom is 0.243 e. The third kappa shape index (κ3) is 6.32. The van der Waals surface area contributed by atoms with Crippen molar-refractivity contribution in [1.29, 1.82) is 0 Å². The molecule has 1 aliphatic heterocycles. The van der Waals surface area contributed by atoms with Crippen molar-refractivity contribution in [3.8, 4) is 0 Å². The molecule has 2 N–H and O–H groups in total. The lowest BCUT2D eigenvalue weighted by Crippen LogP contribution is -2.44. The molecule has 1 heterocycles. The molecule has 1 saturated carbocycles. The second-order valence-electron chi connectivity index (χ2n) is 7.43. The van der Waals surface area contributed by atoms with Crippen LogP contribution >= 0.6 is 24.0 Å². The number of hydrogen-bond donors (Lipinski definition) is 2. The van der Waals surface area contributed by atoms with Crippen LogP contribution in [0.2, 0.25) is 0 Å². The number of nitrogens with one attached hydrogen (secondary N) is 2. The highest BCUT2D eigenvalue weighted by Gasteiger charge is 2.26. The minimum Gasteiger partial charge on any atom is -0.357 e. The Morgan fingerprint density at radius 3 is 2.32 bits per heavy atom. The number of nitrogens with zero attached hydrogens (tertiary/aromatic N) is 2. The van der Waals surface area contributed by atoms with Crippen LogP contribution in [0.3, 0.4) is 0 Å². The summed E-state index contributed by atoms with van der Waals surface area (Å²) in [6, 6.07) is 7.66. The first-order valence-corrected chi connectivity index (χ1v) is 11.7. The molecule has 6 nitrogen and oxygen atoms in total. The van der Waals surface area contributed by atoms with E-state index in [0.29, 0.717) is 30.6 Å². The molecule has 1 aliphatic carbocycles. The molecule has 2 aliphatic rings. The Labute approximate surface area is 186 Å². The molecule has 0 bridgehead atoms. The topological polar surface area (TPSA) is 73.8 Å². The summed E-state index contributed by atoms with van der Waals surface area (Å²) >= 11 is 0. The normalized spacial score (nSPS) is 19.2. The van der Waals surface area contributed by atoms with E-state index in [2.05, 4.69) is 22.5 Å². The van der Waals surface area contributed by atoms with E-state index in [-0.39, 0.29) is 24.0 Å². The van der Waals surface area contributed by atoms with Crippen LogP contribution in [0.15, 0.2) is 34.2 Å². The van der Waals surface area contributed by atoms with Crippen LogP contribution in [-0.2, 0) is 16.6 Å². The van der Waals surface area contributed by atoms with E-state index in [9.17, 15) is 8.42 Å². The number of sulfonamides is 1. The molecule has 3 rings (SSSR count). The van der Waals surface area contributed by atoms with Gasteiger partial charge in [-0.1, -0.05) is 31.4 Å². The third-order valence-corrected chi connectivity index (χ3v) is 7.25. The Morgan fingerprint density at radius 2 is 1.71 bits per heavy atom. The van der Waals surface area contributed by atoms with Crippen molar-refractivity contribution in [3.63, 3.8) is 0 Å². The molecule has 1 aromatic rings. The molecule has 0 aromatic heterocycles. The van der Waals surface area contributed by atoms with Crippen LogP contribution in [0.1, 0.15) is 57.4 Å². The molecule has 0 spiro atoms. The Bertz CT molecular complexity index is 725. The van der Waals surface area contributed by atoms with Crippen molar-refractivity contribution in [2.24, 2.45) is 4.99 Å². The molecule has 2 fully saturated rings. The maximum absolute atomic E-state index is 12.6.